The molecule has 0 saturated carbocycles. The number of likely N-dealkylation sites (tertiary alicyclic amines) is 1. The lowest BCUT2D eigenvalue weighted by Gasteiger charge is -2.32. The normalized spacial score (nSPS) is 17.7. The summed E-state index contributed by atoms with van der Waals surface area (Å²) in [6, 6.07) is 0. The van der Waals surface area contributed by atoms with Crippen LogP contribution in [-0.2, 0) is 6.54 Å². The number of aliphatic imine (C=N–C) groups is 1. The average Bonchev–Trinajstić information content (AvgIpc) is 2.96. The number of hydrogen-bond acceptors (Lipinski definition) is 4. The van der Waals surface area contributed by atoms with Gasteiger partial charge < -0.3 is 10.6 Å². The zero-order chi connectivity index (χ0) is 18.3. The third kappa shape index (κ3) is 7.60. The van der Waals surface area contributed by atoms with E-state index >= 15 is 0 Å². The lowest BCUT2D eigenvalue weighted by Crippen LogP contribution is -2.41. The van der Waals surface area contributed by atoms with E-state index in [1.165, 1.54) is 9.78 Å². The highest BCUT2D eigenvalue weighted by atomic mass is 32.1. The van der Waals surface area contributed by atoms with Crippen molar-refractivity contribution in [2.45, 2.75) is 38.9 Å². The highest BCUT2D eigenvalue weighted by Crippen LogP contribution is 2.23. The van der Waals surface area contributed by atoms with Gasteiger partial charge in [0.2, 0.25) is 0 Å². The number of halogens is 3. The Hall–Kier alpha value is -1.35. The number of thiazole rings is 1. The molecule has 9 heteroatoms. The summed E-state index contributed by atoms with van der Waals surface area (Å²) in [6.45, 7) is 3.69. The zero-order valence-corrected chi connectivity index (χ0v) is 15.5. The quantitative estimate of drug-likeness (QED) is 0.591. The third-order valence-corrected chi connectivity index (χ3v) is 5.17. The van der Waals surface area contributed by atoms with Gasteiger partial charge in [0, 0.05) is 24.7 Å². The Morgan fingerprint density at radius 3 is 2.64 bits per heavy atom. The molecule has 0 aromatic carbocycles. The number of nitrogens with zero attached hydrogens (tertiary/aromatic N) is 3. The first-order valence-corrected chi connectivity index (χ1v) is 9.32. The Bertz CT molecular complexity index is 550. The lowest BCUT2D eigenvalue weighted by molar-refractivity contribution is -0.148. The average molecular weight is 377 g/mol. The predicted octanol–water partition coefficient (Wildman–Crippen LogP) is 2.78. The van der Waals surface area contributed by atoms with Crippen molar-refractivity contribution in [2.24, 2.45) is 10.9 Å². The van der Waals surface area contributed by atoms with Crippen LogP contribution in [0.4, 0.5) is 13.2 Å². The van der Waals surface area contributed by atoms with Crippen LogP contribution in [0.5, 0.6) is 0 Å². The molecule has 0 amide bonds. The minimum absolute atomic E-state index is 0.469. The molecule has 1 aromatic rings. The van der Waals surface area contributed by atoms with E-state index in [-0.39, 0.29) is 0 Å². The fourth-order valence-electron chi connectivity index (χ4n) is 2.94. The largest absolute Gasteiger partial charge is 0.401 e. The van der Waals surface area contributed by atoms with Gasteiger partial charge in [-0.15, -0.1) is 11.3 Å². The number of alkyl halides is 3. The van der Waals surface area contributed by atoms with E-state index in [0.717, 1.165) is 36.8 Å². The molecule has 5 nitrogen and oxygen atoms in total. The molecule has 0 spiro atoms. The maximum atomic E-state index is 12.4. The molecule has 0 radical (unpaired) electrons. The van der Waals surface area contributed by atoms with Crippen LogP contribution in [0.1, 0.15) is 29.1 Å². The first kappa shape index (κ1) is 20.0. The first-order valence-electron chi connectivity index (χ1n) is 8.50. The van der Waals surface area contributed by atoms with Crippen LogP contribution in [0.15, 0.2) is 11.2 Å². The molecule has 2 rings (SSSR count). The lowest BCUT2D eigenvalue weighted by atomic mass is 9.93. The van der Waals surface area contributed by atoms with Crippen molar-refractivity contribution >= 4 is 17.3 Å². The smallest absolute Gasteiger partial charge is 0.356 e. The van der Waals surface area contributed by atoms with Crippen LogP contribution in [0.2, 0.25) is 0 Å². The second kappa shape index (κ2) is 9.38. The van der Waals surface area contributed by atoms with Gasteiger partial charge in [0.1, 0.15) is 5.01 Å². The van der Waals surface area contributed by atoms with Crippen molar-refractivity contribution in [3.8, 4) is 0 Å². The molecule has 1 saturated heterocycles. The van der Waals surface area contributed by atoms with Crippen molar-refractivity contribution in [2.75, 3.05) is 33.2 Å². The number of guanidine groups is 1. The summed E-state index contributed by atoms with van der Waals surface area (Å²) in [4.78, 5) is 11.2. The van der Waals surface area contributed by atoms with Gasteiger partial charge in [0.05, 0.1) is 13.1 Å². The van der Waals surface area contributed by atoms with Gasteiger partial charge in [-0.05, 0) is 45.2 Å². The van der Waals surface area contributed by atoms with Crippen LogP contribution < -0.4 is 10.6 Å². The van der Waals surface area contributed by atoms with E-state index in [4.69, 9.17) is 0 Å². The van der Waals surface area contributed by atoms with Crippen molar-refractivity contribution in [1.82, 2.24) is 20.5 Å². The molecular weight excluding hydrogens is 351 g/mol. The highest BCUT2D eigenvalue weighted by molar-refractivity contribution is 7.11. The van der Waals surface area contributed by atoms with Crippen molar-refractivity contribution in [3.63, 3.8) is 0 Å². The zero-order valence-electron chi connectivity index (χ0n) is 14.7. The molecule has 1 fully saturated rings. The fraction of sp³-hybridized carbons (Fsp3) is 0.750. The van der Waals surface area contributed by atoms with Crippen LogP contribution in [0.25, 0.3) is 0 Å². The molecular formula is C16H26F3N5S. The summed E-state index contributed by atoms with van der Waals surface area (Å²) < 4.78 is 37.2. The maximum absolute atomic E-state index is 12.4. The summed E-state index contributed by atoms with van der Waals surface area (Å²) >= 11 is 1.65. The number of hydrogen-bond donors (Lipinski definition) is 2. The Morgan fingerprint density at radius 1 is 1.36 bits per heavy atom. The van der Waals surface area contributed by atoms with Gasteiger partial charge in [-0.2, -0.15) is 13.2 Å². The molecule has 2 N–H and O–H groups in total. The molecule has 0 atom stereocenters. The highest BCUT2D eigenvalue weighted by Gasteiger charge is 2.32. The Labute approximate surface area is 150 Å². The number of aromatic nitrogens is 1. The summed E-state index contributed by atoms with van der Waals surface area (Å²) in [6.07, 6.45) is 0.340. The molecule has 25 heavy (non-hydrogen) atoms. The van der Waals surface area contributed by atoms with Crippen molar-refractivity contribution in [3.05, 3.63) is 16.1 Å². The number of rotatable bonds is 6. The van der Waals surface area contributed by atoms with E-state index in [1.54, 1.807) is 18.4 Å². The molecule has 2 heterocycles. The molecule has 0 bridgehead atoms. The number of aryl methyl sites for hydroxylation is 1. The van der Waals surface area contributed by atoms with E-state index in [2.05, 4.69) is 20.6 Å². The summed E-state index contributed by atoms with van der Waals surface area (Å²) in [7, 11) is 1.72. The fourth-order valence-corrected chi connectivity index (χ4v) is 3.67. The Balaban J connectivity index is 1.61. The molecule has 1 aliphatic heterocycles. The van der Waals surface area contributed by atoms with Crippen LogP contribution in [0.3, 0.4) is 0 Å². The van der Waals surface area contributed by atoms with Gasteiger partial charge in [0.25, 0.3) is 0 Å². The molecule has 1 aromatic heterocycles. The minimum Gasteiger partial charge on any atom is -0.356 e. The Kier molecular flexibility index (Phi) is 7.49. The van der Waals surface area contributed by atoms with Gasteiger partial charge in [-0.1, -0.05) is 0 Å². The van der Waals surface area contributed by atoms with Crippen molar-refractivity contribution < 1.29 is 13.2 Å². The maximum Gasteiger partial charge on any atom is 0.401 e. The minimum atomic E-state index is -4.09. The first-order chi connectivity index (χ1) is 11.9. The SMILES string of the molecule is CN=C(NCCC1CCN(CC(F)(F)F)CC1)NCc1ncc(C)s1. The number of nitrogens with one attached hydrogen (secondary N) is 2. The second-order valence-electron chi connectivity index (χ2n) is 6.34. The summed E-state index contributed by atoms with van der Waals surface area (Å²) in [5.74, 6) is 1.19. The summed E-state index contributed by atoms with van der Waals surface area (Å²) in [5.41, 5.74) is 0. The van der Waals surface area contributed by atoms with Crippen LogP contribution in [-0.4, -0.2) is 55.2 Å². The van der Waals surface area contributed by atoms with E-state index in [1.807, 2.05) is 13.1 Å². The topological polar surface area (TPSA) is 52.6 Å². The van der Waals surface area contributed by atoms with E-state index < -0.39 is 12.7 Å². The Morgan fingerprint density at radius 2 is 2.08 bits per heavy atom. The van der Waals surface area contributed by atoms with Gasteiger partial charge in [0.15, 0.2) is 5.96 Å². The second-order valence-corrected chi connectivity index (χ2v) is 7.66. The van der Waals surface area contributed by atoms with Gasteiger partial charge in [-0.3, -0.25) is 9.89 Å². The van der Waals surface area contributed by atoms with Crippen LogP contribution >= 0.6 is 11.3 Å². The van der Waals surface area contributed by atoms with E-state index in [0.29, 0.717) is 25.6 Å². The predicted molar refractivity (Wildman–Crippen MR) is 94.9 cm³/mol. The summed E-state index contributed by atoms with van der Waals surface area (Å²) in [5, 5.41) is 7.50. The van der Waals surface area contributed by atoms with Crippen molar-refractivity contribution in [1.29, 1.82) is 0 Å². The third-order valence-electron chi connectivity index (χ3n) is 4.25. The molecule has 142 valence electrons. The van der Waals surface area contributed by atoms with Gasteiger partial charge >= 0.3 is 6.18 Å². The van der Waals surface area contributed by atoms with E-state index in [9.17, 15) is 13.2 Å². The molecule has 0 aliphatic carbocycles. The van der Waals surface area contributed by atoms with Crippen LogP contribution in [0, 0.1) is 12.8 Å². The monoisotopic (exact) mass is 377 g/mol. The molecule has 0 unspecified atom stereocenters. The standard InChI is InChI=1S/C16H26F3N5S/c1-12-9-22-14(25-12)10-23-15(20-2)21-6-3-13-4-7-24(8-5-13)11-16(17,18)19/h9,13H,3-8,10-11H2,1-2H3,(H2,20,21,23). The van der Waals surface area contributed by atoms with Gasteiger partial charge in [-0.25, -0.2) is 4.98 Å². The molecule has 1 aliphatic rings. The number of piperidine rings is 1.